The van der Waals surface area contributed by atoms with E-state index in [9.17, 15) is 9.18 Å². The molecule has 0 saturated carbocycles. The molecular weight excluding hydrogens is 259 g/mol. The van der Waals surface area contributed by atoms with E-state index in [1.165, 1.54) is 6.07 Å². The Labute approximate surface area is 118 Å². The van der Waals surface area contributed by atoms with Gasteiger partial charge in [-0.25, -0.2) is 4.39 Å². The molecule has 1 aliphatic heterocycles. The van der Waals surface area contributed by atoms with E-state index >= 15 is 0 Å². The highest BCUT2D eigenvalue weighted by Gasteiger charge is 2.40. The van der Waals surface area contributed by atoms with Crippen molar-refractivity contribution in [2.75, 3.05) is 19.6 Å². The molecule has 2 N–H and O–H groups in total. The molecule has 1 unspecified atom stereocenters. The lowest BCUT2D eigenvalue weighted by Gasteiger charge is -2.41. The van der Waals surface area contributed by atoms with Gasteiger partial charge in [0.25, 0.3) is 5.91 Å². The smallest absolute Gasteiger partial charge is 0.254 e. The van der Waals surface area contributed by atoms with Crippen LogP contribution in [0.4, 0.5) is 4.39 Å². The average molecular weight is 280 g/mol. The highest BCUT2D eigenvalue weighted by atomic mass is 19.1. The van der Waals surface area contributed by atoms with E-state index in [1.54, 1.807) is 36.9 Å². The van der Waals surface area contributed by atoms with Gasteiger partial charge in [-0.1, -0.05) is 18.2 Å². The Bertz CT molecular complexity index is 491. The minimum absolute atomic E-state index is 0.0708. The molecule has 0 aliphatic carbocycles. The summed E-state index contributed by atoms with van der Waals surface area (Å²) in [6.45, 7) is 4.80. The Morgan fingerprint density at radius 2 is 2.15 bits per heavy atom. The highest BCUT2D eigenvalue weighted by Crippen LogP contribution is 2.22. The summed E-state index contributed by atoms with van der Waals surface area (Å²) in [4.78, 5) is 14.0. The van der Waals surface area contributed by atoms with Gasteiger partial charge in [-0.05, 0) is 31.9 Å². The van der Waals surface area contributed by atoms with Crippen molar-refractivity contribution >= 4 is 5.91 Å². The normalized spacial score (nSPS) is 22.1. The van der Waals surface area contributed by atoms with E-state index < -0.39 is 5.60 Å². The van der Waals surface area contributed by atoms with Gasteiger partial charge in [0.2, 0.25) is 0 Å². The highest BCUT2D eigenvalue weighted by molar-refractivity contribution is 5.85. The van der Waals surface area contributed by atoms with Gasteiger partial charge in [0.1, 0.15) is 11.4 Å². The Morgan fingerprint density at radius 3 is 2.80 bits per heavy atom. The number of ether oxygens (including phenoxy) is 1. The maximum absolute atomic E-state index is 13.6. The third kappa shape index (κ3) is 3.16. The lowest BCUT2D eigenvalue weighted by atomic mass is 10.0. The summed E-state index contributed by atoms with van der Waals surface area (Å²) in [5.41, 5.74) is 5.40. The molecule has 1 aliphatic rings. The molecule has 1 aromatic carbocycles. The van der Waals surface area contributed by atoms with Crippen LogP contribution < -0.4 is 5.73 Å². The molecule has 1 fully saturated rings. The first-order chi connectivity index (χ1) is 9.44. The summed E-state index contributed by atoms with van der Waals surface area (Å²) in [6, 6.07) is 6.63. The van der Waals surface area contributed by atoms with Gasteiger partial charge in [0, 0.05) is 19.6 Å². The number of nitrogens with zero attached hydrogens (tertiary/aromatic N) is 1. The maximum Gasteiger partial charge on any atom is 0.254 e. The van der Waals surface area contributed by atoms with Crippen molar-refractivity contribution in [1.82, 2.24) is 4.90 Å². The molecule has 110 valence electrons. The number of carbonyl (C=O) groups is 1. The molecule has 0 aromatic heterocycles. The van der Waals surface area contributed by atoms with Crippen molar-refractivity contribution < 1.29 is 13.9 Å². The van der Waals surface area contributed by atoms with Crippen LogP contribution in [0.15, 0.2) is 24.3 Å². The minimum atomic E-state index is -0.864. The summed E-state index contributed by atoms with van der Waals surface area (Å²) in [7, 11) is 0. The SMILES string of the molecule is CC1(C)OC(CN)CN(CCc2ccccc2F)C1=O. The van der Waals surface area contributed by atoms with Gasteiger partial charge >= 0.3 is 0 Å². The summed E-state index contributed by atoms with van der Waals surface area (Å²) < 4.78 is 19.2. The molecule has 1 amide bonds. The van der Waals surface area contributed by atoms with Crippen LogP contribution in [0.3, 0.4) is 0 Å². The minimum Gasteiger partial charge on any atom is -0.359 e. The third-order valence-electron chi connectivity index (χ3n) is 3.56. The van der Waals surface area contributed by atoms with Gasteiger partial charge in [0.05, 0.1) is 6.10 Å². The standard InChI is InChI=1S/C15H21FN2O2/c1-15(2)14(19)18(10-12(9-17)20-15)8-7-11-5-3-4-6-13(11)16/h3-6,12H,7-10,17H2,1-2H3. The Kier molecular flexibility index (Phi) is 4.40. The van der Waals surface area contributed by atoms with Crippen LogP contribution in [0.1, 0.15) is 19.4 Å². The van der Waals surface area contributed by atoms with Crippen LogP contribution in [0.25, 0.3) is 0 Å². The molecule has 0 spiro atoms. The molecule has 1 saturated heterocycles. The zero-order valence-electron chi connectivity index (χ0n) is 11.9. The van der Waals surface area contributed by atoms with Crippen LogP contribution in [-0.4, -0.2) is 42.1 Å². The van der Waals surface area contributed by atoms with Crippen molar-refractivity contribution in [2.45, 2.75) is 32.0 Å². The molecule has 5 heteroatoms. The third-order valence-corrected chi connectivity index (χ3v) is 3.56. The van der Waals surface area contributed by atoms with Crippen molar-refractivity contribution in [3.63, 3.8) is 0 Å². The first-order valence-electron chi connectivity index (χ1n) is 6.84. The van der Waals surface area contributed by atoms with E-state index in [4.69, 9.17) is 10.5 Å². The number of hydrogen-bond acceptors (Lipinski definition) is 3. The van der Waals surface area contributed by atoms with Crippen molar-refractivity contribution in [3.05, 3.63) is 35.6 Å². The summed E-state index contributed by atoms with van der Waals surface area (Å²) >= 11 is 0. The summed E-state index contributed by atoms with van der Waals surface area (Å²) in [5.74, 6) is -0.304. The number of halogens is 1. The average Bonchev–Trinajstić information content (AvgIpc) is 2.41. The first-order valence-corrected chi connectivity index (χ1v) is 6.84. The quantitative estimate of drug-likeness (QED) is 0.905. The molecular formula is C15H21FN2O2. The van der Waals surface area contributed by atoms with Crippen LogP contribution in [0, 0.1) is 5.82 Å². The fraction of sp³-hybridized carbons (Fsp3) is 0.533. The van der Waals surface area contributed by atoms with E-state index in [1.807, 2.05) is 0 Å². The summed E-state index contributed by atoms with van der Waals surface area (Å²) in [6.07, 6.45) is 0.328. The molecule has 0 radical (unpaired) electrons. The second kappa shape index (κ2) is 5.89. The number of hydrogen-bond donors (Lipinski definition) is 1. The maximum atomic E-state index is 13.6. The van der Waals surface area contributed by atoms with Crippen LogP contribution in [0.5, 0.6) is 0 Å². The lowest BCUT2D eigenvalue weighted by molar-refractivity contribution is -0.177. The molecule has 1 atom stereocenters. The van der Waals surface area contributed by atoms with Crippen LogP contribution in [0.2, 0.25) is 0 Å². The zero-order valence-corrected chi connectivity index (χ0v) is 11.9. The number of rotatable bonds is 4. The Morgan fingerprint density at radius 1 is 1.45 bits per heavy atom. The zero-order chi connectivity index (χ0) is 14.8. The summed E-state index contributed by atoms with van der Waals surface area (Å²) in [5, 5.41) is 0. The molecule has 0 bridgehead atoms. The Hall–Kier alpha value is -1.46. The van der Waals surface area contributed by atoms with E-state index in [-0.39, 0.29) is 17.8 Å². The molecule has 1 aromatic rings. The Balaban J connectivity index is 2.04. The van der Waals surface area contributed by atoms with E-state index in [0.29, 0.717) is 31.6 Å². The van der Waals surface area contributed by atoms with Crippen LogP contribution >= 0.6 is 0 Å². The van der Waals surface area contributed by atoms with Crippen LogP contribution in [-0.2, 0) is 16.0 Å². The van der Waals surface area contributed by atoms with Crippen molar-refractivity contribution in [1.29, 1.82) is 0 Å². The second-order valence-corrected chi connectivity index (χ2v) is 5.58. The van der Waals surface area contributed by atoms with Crippen molar-refractivity contribution in [2.24, 2.45) is 5.73 Å². The number of amides is 1. The topological polar surface area (TPSA) is 55.6 Å². The van der Waals surface area contributed by atoms with Crippen molar-refractivity contribution in [3.8, 4) is 0 Å². The van der Waals surface area contributed by atoms with Gasteiger partial charge < -0.3 is 15.4 Å². The predicted octanol–water partition coefficient (Wildman–Crippen LogP) is 1.33. The fourth-order valence-electron chi connectivity index (χ4n) is 2.49. The molecule has 2 rings (SSSR count). The largest absolute Gasteiger partial charge is 0.359 e. The molecule has 20 heavy (non-hydrogen) atoms. The van der Waals surface area contributed by atoms with E-state index in [0.717, 1.165) is 0 Å². The number of nitrogens with two attached hydrogens (primary N) is 1. The van der Waals surface area contributed by atoms with Gasteiger partial charge in [-0.15, -0.1) is 0 Å². The fourth-order valence-corrected chi connectivity index (χ4v) is 2.49. The van der Waals surface area contributed by atoms with Gasteiger partial charge in [-0.2, -0.15) is 0 Å². The first kappa shape index (κ1) is 14.9. The molecule has 4 nitrogen and oxygen atoms in total. The number of morpholine rings is 1. The number of benzene rings is 1. The second-order valence-electron chi connectivity index (χ2n) is 5.58. The number of carbonyl (C=O) groups excluding carboxylic acids is 1. The van der Waals surface area contributed by atoms with E-state index in [2.05, 4.69) is 0 Å². The molecule has 1 heterocycles. The predicted molar refractivity (Wildman–Crippen MR) is 74.7 cm³/mol. The lowest BCUT2D eigenvalue weighted by Crippen LogP contribution is -2.59. The van der Waals surface area contributed by atoms with Gasteiger partial charge in [-0.3, -0.25) is 4.79 Å². The van der Waals surface area contributed by atoms with Gasteiger partial charge in [0.15, 0.2) is 0 Å². The monoisotopic (exact) mass is 280 g/mol.